The van der Waals surface area contributed by atoms with Crippen LogP contribution >= 0.6 is 0 Å². The Bertz CT molecular complexity index is 197. The lowest BCUT2D eigenvalue weighted by molar-refractivity contribution is 0.0739. The summed E-state index contributed by atoms with van der Waals surface area (Å²) in [5.41, 5.74) is 0. The Labute approximate surface area is 59.8 Å². The Morgan fingerprint density at radius 2 is 2.30 bits per heavy atom. The summed E-state index contributed by atoms with van der Waals surface area (Å²) >= 11 is 0. The Morgan fingerprint density at radius 1 is 1.40 bits per heavy atom. The van der Waals surface area contributed by atoms with E-state index in [1.54, 1.807) is 0 Å². The van der Waals surface area contributed by atoms with Crippen molar-refractivity contribution in [1.29, 1.82) is 0 Å². The number of hydrogen-bond acceptors (Lipinski definition) is 2. The molecular formula is C8H10O2. The zero-order valence-corrected chi connectivity index (χ0v) is 5.75. The lowest BCUT2D eigenvalue weighted by atomic mass is 9.89. The second-order valence-electron chi connectivity index (χ2n) is 3.42. The number of hydrogen-bond donors (Lipinski definition) is 0. The summed E-state index contributed by atoms with van der Waals surface area (Å²) in [6.45, 7) is 3.87. The van der Waals surface area contributed by atoms with Gasteiger partial charge in [-0.1, -0.05) is 6.58 Å². The molecule has 0 aliphatic carbocycles. The zero-order valence-electron chi connectivity index (χ0n) is 5.75. The van der Waals surface area contributed by atoms with Gasteiger partial charge in [-0.25, -0.2) is 0 Å². The van der Waals surface area contributed by atoms with E-state index in [0.29, 0.717) is 24.2 Å². The molecule has 0 aromatic carbocycles. The van der Waals surface area contributed by atoms with Crippen LogP contribution < -0.4 is 0 Å². The average molecular weight is 138 g/mol. The molecule has 2 bridgehead atoms. The van der Waals surface area contributed by atoms with E-state index in [0.717, 1.165) is 18.6 Å². The molecule has 54 valence electrons. The number of ether oxygens (including phenoxy) is 2. The second-order valence-corrected chi connectivity index (χ2v) is 3.42. The van der Waals surface area contributed by atoms with Crippen molar-refractivity contribution in [2.24, 2.45) is 5.92 Å². The number of fused-ring (bicyclic) bond motifs is 1. The summed E-state index contributed by atoms with van der Waals surface area (Å²) in [4.78, 5) is 0. The van der Waals surface area contributed by atoms with E-state index >= 15 is 0 Å². The van der Waals surface area contributed by atoms with Gasteiger partial charge in [-0.05, 0) is 6.42 Å². The minimum absolute atomic E-state index is 0.358. The van der Waals surface area contributed by atoms with Crippen LogP contribution in [0.4, 0.5) is 0 Å². The topological polar surface area (TPSA) is 18.5 Å². The van der Waals surface area contributed by atoms with E-state index in [1.807, 2.05) is 0 Å². The van der Waals surface area contributed by atoms with Gasteiger partial charge in [-0.3, -0.25) is 0 Å². The standard InChI is InChI=1S/C8H10O2/c1-4-6-2-5-3-7(9-4)8(6)10-5/h5-8H,1-3H2. The Kier molecular flexibility index (Phi) is 0.725. The Morgan fingerprint density at radius 3 is 2.90 bits per heavy atom. The van der Waals surface area contributed by atoms with Gasteiger partial charge in [0.1, 0.15) is 12.2 Å². The molecule has 0 amide bonds. The first kappa shape index (κ1) is 5.19. The summed E-state index contributed by atoms with van der Waals surface area (Å²) in [6.07, 6.45) is 3.47. The van der Waals surface area contributed by atoms with Gasteiger partial charge in [0.15, 0.2) is 0 Å². The molecular weight excluding hydrogens is 128 g/mol. The molecule has 3 heterocycles. The molecule has 0 spiro atoms. The first-order valence-electron chi connectivity index (χ1n) is 3.85. The third-order valence-corrected chi connectivity index (χ3v) is 2.84. The Balaban J connectivity index is 2.05. The SMILES string of the molecule is C=C1OC2CC3CC1C2O3. The smallest absolute Gasteiger partial charge is 0.127 e. The minimum Gasteiger partial charge on any atom is -0.492 e. The van der Waals surface area contributed by atoms with Gasteiger partial charge in [-0.15, -0.1) is 0 Å². The fourth-order valence-corrected chi connectivity index (χ4v) is 2.39. The molecule has 0 saturated carbocycles. The maximum atomic E-state index is 5.64. The monoisotopic (exact) mass is 138 g/mol. The molecule has 2 heteroatoms. The van der Waals surface area contributed by atoms with Crippen LogP contribution in [0, 0.1) is 5.92 Å². The number of rotatable bonds is 0. The van der Waals surface area contributed by atoms with Crippen molar-refractivity contribution in [1.82, 2.24) is 0 Å². The molecule has 3 aliphatic heterocycles. The van der Waals surface area contributed by atoms with Crippen LogP contribution in [-0.4, -0.2) is 18.3 Å². The van der Waals surface area contributed by atoms with Crippen molar-refractivity contribution in [2.75, 3.05) is 0 Å². The highest BCUT2D eigenvalue weighted by atomic mass is 16.6. The maximum absolute atomic E-state index is 5.64. The van der Waals surface area contributed by atoms with Crippen LogP contribution in [0.25, 0.3) is 0 Å². The first-order chi connectivity index (χ1) is 4.84. The minimum atomic E-state index is 0.358. The highest BCUT2D eigenvalue weighted by molar-refractivity contribution is 5.13. The van der Waals surface area contributed by atoms with Gasteiger partial charge in [0.25, 0.3) is 0 Å². The third kappa shape index (κ3) is 0.419. The molecule has 3 saturated heterocycles. The van der Waals surface area contributed by atoms with Gasteiger partial charge in [-0.2, -0.15) is 0 Å². The highest BCUT2D eigenvalue weighted by Crippen LogP contribution is 2.49. The molecule has 2 nitrogen and oxygen atoms in total. The molecule has 0 radical (unpaired) electrons. The molecule has 0 aromatic rings. The van der Waals surface area contributed by atoms with Crippen LogP contribution in [0.15, 0.2) is 12.3 Å². The fraction of sp³-hybridized carbons (Fsp3) is 0.750. The lowest BCUT2D eigenvalue weighted by Crippen LogP contribution is -2.21. The van der Waals surface area contributed by atoms with Crippen LogP contribution in [0.1, 0.15) is 12.8 Å². The third-order valence-electron chi connectivity index (χ3n) is 2.84. The summed E-state index contributed by atoms with van der Waals surface area (Å²) in [5, 5.41) is 0. The quantitative estimate of drug-likeness (QED) is 0.498. The van der Waals surface area contributed by atoms with E-state index in [1.165, 1.54) is 0 Å². The average Bonchev–Trinajstić information content (AvgIpc) is 2.44. The molecule has 3 fully saturated rings. The van der Waals surface area contributed by atoms with Crippen molar-refractivity contribution >= 4 is 0 Å². The summed E-state index contributed by atoms with van der Waals surface area (Å²) < 4.78 is 11.2. The molecule has 0 N–H and O–H groups in total. The van der Waals surface area contributed by atoms with E-state index in [4.69, 9.17) is 9.47 Å². The molecule has 4 unspecified atom stereocenters. The largest absolute Gasteiger partial charge is 0.492 e. The van der Waals surface area contributed by atoms with E-state index in [-0.39, 0.29) is 0 Å². The molecule has 0 aromatic heterocycles. The fourth-order valence-electron chi connectivity index (χ4n) is 2.39. The van der Waals surface area contributed by atoms with Crippen molar-refractivity contribution in [2.45, 2.75) is 31.2 Å². The predicted molar refractivity (Wildman–Crippen MR) is 35.4 cm³/mol. The molecule has 4 atom stereocenters. The van der Waals surface area contributed by atoms with E-state index in [2.05, 4.69) is 6.58 Å². The second kappa shape index (κ2) is 1.40. The van der Waals surface area contributed by atoms with Gasteiger partial charge in [0.05, 0.1) is 11.9 Å². The van der Waals surface area contributed by atoms with E-state index in [9.17, 15) is 0 Å². The van der Waals surface area contributed by atoms with Crippen molar-refractivity contribution in [3.05, 3.63) is 12.3 Å². The zero-order chi connectivity index (χ0) is 6.72. The highest BCUT2D eigenvalue weighted by Gasteiger charge is 2.55. The lowest BCUT2D eigenvalue weighted by Gasteiger charge is -2.08. The van der Waals surface area contributed by atoms with Crippen molar-refractivity contribution < 1.29 is 9.47 Å². The van der Waals surface area contributed by atoms with Gasteiger partial charge >= 0.3 is 0 Å². The maximum Gasteiger partial charge on any atom is 0.127 e. The Hall–Kier alpha value is -0.500. The molecule has 3 aliphatic rings. The van der Waals surface area contributed by atoms with Crippen LogP contribution in [-0.2, 0) is 9.47 Å². The van der Waals surface area contributed by atoms with Gasteiger partial charge < -0.3 is 9.47 Å². The van der Waals surface area contributed by atoms with Crippen LogP contribution in [0.5, 0.6) is 0 Å². The summed E-state index contributed by atoms with van der Waals surface area (Å²) in [6, 6.07) is 0. The first-order valence-corrected chi connectivity index (χ1v) is 3.85. The predicted octanol–water partition coefficient (Wildman–Crippen LogP) is 1.08. The van der Waals surface area contributed by atoms with E-state index < -0.39 is 0 Å². The van der Waals surface area contributed by atoms with Crippen molar-refractivity contribution in [3.63, 3.8) is 0 Å². The molecule has 10 heavy (non-hydrogen) atoms. The summed E-state index contributed by atoms with van der Waals surface area (Å²) in [5.74, 6) is 1.50. The van der Waals surface area contributed by atoms with Gasteiger partial charge in [0, 0.05) is 12.3 Å². The normalized spacial score (nSPS) is 55.8. The summed E-state index contributed by atoms with van der Waals surface area (Å²) in [7, 11) is 0. The van der Waals surface area contributed by atoms with Crippen LogP contribution in [0.3, 0.4) is 0 Å². The molecule has 3 rings (SSSR count). The van der Waals surface area contributed by atoms with Gasteiger partial charge in [0.2, 0.25) is 0 Å². The van der Waals surface area contributed by atoms with Crippen molar-refractivity contribution in [3.8, 4) is 0 Å². The van der Waals surface area contributed by atoms with Crippen LogP contribution in [0.2, 0.25) is 0 Å².